The smallest absolute Gasteiger partial charge is 0.167 e. The molecule has 0 spiro atoms. The quantitative estimate of drug-likeness (QED) is 0.797. The topological polar surface area (TPSA) is 16.1 Å². The van der Waals surface area contributed by atoms with Crippen molar-refractivity contribution >= 4 is 17.4 Å². The van der Waals surface area contributed by atoms with Crippen molar-refractivity contribution in [1.29, 1.82) is 0 Å². The molecule has 1 aliphatic heterocycles. The van der Waals surface area contributed by atoms with Crippen LogP contribution in [0.3, 0.4) is 0 Å². The van der Waals surface area contributed by atoms with Gasteiger partial charge in [0, 0.05) is 25.2 Å². The summed E-state index contributed by atoms with van der Waals surface area (Å²) in [4.78, 5) is 5.76. The molecule has 16 heavy (non-hydrogen) atoms. The second-order valence-electron chi connectivity index (χ2n) is 4.07. The summed E-state index contributed by atoms with van der Waals surface area (Å²) in [7, 11) is 0. The number of halogens is 3. The first-order chi connectivity index (χ1) is 7.70. The molecule has 1 aliphatic rings. The predicted octanol–water partition coefficient (Wildman–Crippen LogP) is 3.06. The number of hydrogen-bond acceptors (Lipinski definition) is 2. The lowest BCUT2D eigenvalue weighted by molar-refractivity contribution is 0.314. The van der Waals surface area contributed by atoms with Gasteiger partial charge in [0.2, 0.25) is 0 Å². The van der Waals surface area contributed by atoms with E-state index in [4.69, 9.17) is 11.6 Å². The largest absolute Gasteiger partial charge is 0.354 e. The molecule has 0 aliphatic carbocycles. The first-order valence-electron chi connectivity index (χ1n) is 5.32. The molecule has 1 aromatic heterocycles. The molecular weight excluding hydrogens is 234 g/mol. The predicted molar refractivity (Wildman–Crippen MR) is 60.1 cm³/mol. The van der Waals surface area contributed by atoms with E-state index >= 15 is 0 Å². The van der Waals surface area contributed by atoms with Gasteiger partial charge in [0.1, 0.15) is 0 Å². The molecule has 1 atom stereocenters. The van der Waals surface area contributed by atoms with Gasteiger partial charge in [0.15, 0.2) is 11.6 Å². The lowest BCUT2D eigenvalue weighted by Gasteiger charge is -2.32. The van der Waals surface area contributed by atoms with Crippen molar-refractivity contribution in [2.75, 3.05) is 24.7 Å². The second-order valence-corrected chi connectivity index (χ2v) is 4.50. The molecule has 1 saturated heterocycles. The Morgan fingerprint density at radius 2 is 2.38 bits per heavy atom. The minimum atomic E-state index is -0.438. The monoisotopic (exact) mass is 246 g/mol. The van der Waals surface area contributed by atoms with Gasteiger partial charge in [-0.1, -0.05) is 11.6 Å². The molecule has 0 radical (unpaired) electrons. The molecule has 0 bridgehead atoms. The maximum atomic E-state index is 13.6. The van der Waals surface area contributed by atoms with Crippen LogP contribution in [0.15, 0.2) is 12.3 Å². The third-order valence-electron chi connectivity index (χ3n) is 2.83. The highest BCUT2D eigenvalue weighted by atomic mass is 35.5. The molecule has 0 aromatic carbocycles. The summed E-state index contributed by atoms with van der Waals surface area (Å²) in [5, 5.41) is 0.278. The summed E-state index contributed by atoms with van der Waals surface area (Å²) in [6.07, 6.45) is 3.15. The van der Waals surface area contributed by atoms with Crippen LogP contribution in [-0.2, 0) is 0 Å². The van der Waals surface area contributed by atoms with Crippen LogP contribution in [0.5, 0.6) is 0 Å². The molecule has 2 nitrogen and oxygen atoms in total. The average molecular weight is 247 g/mol. The standard InChI is InChI=1S/C11H13ClF2N2/c12-9-4-10(14)11(15-6-9)16-3-1-2-8(5-13)7-16/h4,6,8H,1-3,5,7H2. The molecule has 2 heterocycles. The first-order valence-corrected chi connectivity index (χ1v) is 5.70. The van der Waals surface area contributed by atoms with Gasteiger partial charge in [-0.3, -0.25) is 4.39 Å². The first kappa shape index (κ1) is 11.6. The lowest BCUT2D eigenvalue weighted by Crippen LogP contribution is -2.37. The Hall–Kier alpha value is -0.900. The van der Waals surface area contributed by atoms with Crippen LogP contribution in [0.1, 0.15) is 12.8 Å². The molecular formula is C11H13ClF2N2. The molecule has 1 aromatic rings. The summed E-state index contributed by atoms with van der Waals surface area (Å²) >= 11 is 5.63. The number of aromatic nitrogens is 1. The van der Waals surface area contributed by atoms with Gasteiger partial charge in [-0.2, -0.15) is 0 Å². The van der Waals surface area contributed by atoms with E-state index in [1.54, 1.807) is 4.90 Å². The van der Waals surface area contributed by atoms with Crippen molar-refractivity contribution in [2.45, 2.75) is 12.8 Å². The zero-order valence-corrected chi connectivity index (χ0v) is 9.55. The zero-order valence-electron chi connectivity index (χ0n) is 8.80. The number of nitrogens with zero attached hydrogens (tertiary/aromatic N) is 2. The van der Waals surface area contributed by atoms with E-state index in [1.807, 2.05) is 0 Å². The Morgan fingerprint density at radius 3 is 3.06 bits per heavy atom. The fourth-order valence-corrected chi connectivity index (χ4v) is 2.17. The van der Waals surface area contributed by atoms with E-state index < -0.39 is 5.82 Å². The maximum Gasteiger partial charge on any atom is 0.167 e. The van der Waals surface area contributed by atoms with Gasteiger partial charge in [-0.15, -0.1) is 0 Å². The van der Waals surface area contributed by atoms with Gasteiger partial charge >= 0.3 is 0 Å². The highest BCUT2D eigenvalue weighted by Crippen LogP contribution is 2.25. The molecule has 0 N–H and O–H groups in total. The normalized spacial score (nSPS) is 21.2. The molecule has 1 unspecified atom stereocenters. The van der Waals surface area contributed by atoms with Crippen LogP contribution in [0, 0.1) is 11.7 Å². The molecule has 88 valence electrons. The highest BCUT2D eigenvalue weighted by molar-refractivity contribution is 6.30. The molecule has 2 rings (SSSR count). The van der Waals surface area contributed by atoms with Crippen LogP contribution < -0.4 is 4.90 Å². The van der Waals surface area contributed by atoms with Crippen LogP contribution in [0.2, 0.25) is 5.02 Å². The lowest BCUT2D eigenvalue weighted by atomic mass is 9.99. The summed E-state index contributed by atoms with van der Waals surface area (Å²) in [6, 6.07) is 1.24. The number of alkyl halides is 1. The third kappa shape index (κ3) is 2.43. The van der Waals surface area contributed by atoms with Gasteiger partial charge < -0.3 is 4.90 Å². The Morgan fingerprint density at radius 1 is 1.56 bits per heavy atom. The summed E-state index contributed by atoms with van der Waals surface area (Å²) in [6.45, 7) is 0.899. The van der Waals surface area contributed by atoms with E-state index in [1.165, 1.54) is 12.3 Å². The van der Waals surface area contributed by atoms with Gasteiger partial charge in [-0.05, 0) is 18.9 Å². The number of pyridine rings is 1. The van der Waals surface area contributed by atoms with Crippen molar-refractivity contribution in [3.63, 3.8) is 0 Å². The Kier molecular flexibility index (Phi) is 3.59. The zero-order chi connectivity index (χ0) is 11.5. The average Bonchev–Trinajstić information content (AvgIpc) is 2.29. The summed E-state index contributed by atoms with van der Waals surface area (Å²) in [5.74, 6) is -0.166. The van der Waals surface area contributed by atoms with Crippen molar-refractivity contribution in [1.82, 2.24) is 4.98 Å². The van der Waals surface area contributed by atoms with Crippen molar-refractivity contribution in [3.8, 4) is 0 Å². The fraction of sp³-hybridized carbons (Fsp3) is 0.545. The van der Waals surface area contributed by atoms with E-state index in [0.29, 0.717) is 6.54 Å². The van der Waals surface area contributed by atoms with E-state index in [2.05, 4.69) is 4.98 Å². The SMILES string of the molecule is FCC1CCCN(c2ncc(Cl)cc2F)C1. The Balaban J connectivity index is 2.16. The second kappa shape index (κ2) is 4.95. The fourth-order valence-electron chi connectivity index (χ4n) is 2.02. The van der Waals surface area contributed by atoms with Crippen molar-refractivity contribution in [3.05, 3.63) is 23.1 Å². The minimum Gasteiger partial charge on any atom is -0.354 e. The number of anilines is 1. The van der Waals surface area contributed by atoms with Gasteiger partial charge in [0.25, 0.3) is 0 Å². The highest BCUT2D eigenvalue weighted by Gasteiger charge is 2.22. The molecule has 0 saturated carbocycles. The molecule has 5 heteroatoms. The van der Waals surface area contributed by atoms with E-state index in [9.17, 15) is 8.78 Å². The van der Waals surface area contributed by atoms with Crippen LogP contribution in [-0.4, -0.2) is 24.7 Å². The van der Waals surface area contributed by atoms with Gasteiger partial charge in [-0.25, -0.2) is 9.37 Å². The van der Waals surface area contributed by atoms with Crippen LogP contribution in [0.4, 0.5) is 14.6 Å². The third-order valence-corrected chi connectivity index (χ3v) is 3.03. The Bertz CT molecular complexity index is 373. The molecule has 0 amide bonds. The van der Waals surface area contributed by atoms with Crippen LogP contribution >= 0.6 is 11.6 Å². The summed E-state index contributed by atoms with van der Waals surface area (Å²) < 4.78 is 26.2. The number of rotatable bonds is 2. The van der Waals surface area contributed by atoms with E-state index in [-0.39, 0.29) is 23.4 Å². The Labute approximate surface area is 98.2 Å². The van der Waals surface area contributed by atoms with Gasteiger partial charge in [0.05, 0.1) is 11.7 Å². The van der Waals surface area contributed by atoms with Crippen molar-refractivity contribution in [2.24, 2.45) is 5.92 Å². The minimum absolute atomic E-state index is 0.00868. The number of hydrogen-bond donors (Lipinski definition) is 0. The maximum absolute atomic E-state index is 13.6. The van der Waals surface area contributed by atoms with Crippen molar-refractivity contribution < 1.29 is 8.78 Å². The molecule has 1 fully saturated rings. The summed E-state index contributed by atoms with van der Waals surface area (Å²) in [5.41, 5.74) is 0. The number of piperidine rings is 1. The van der Waals surface area contributed by atoms with Crippen LogP contribution in [0.25, 0.3) is 0 Å². The van der Waals surface area contributed by atoms with E-state index in [0.717, 1.165) is 19.4 Å².